The van der Waals surface area contributed by atoms with Gasteiger partial charge in [0.05, 0.1) is 6.54 Å². The number of aryl methyl sites for hydroxylation is 1. The normalized spacial score (nSPS) is 17.8. The second-order valence-corrected chi connectivity index (χ2v) is 4.17. The molecular formula is C10H13N5O4. The molecule has 9 heteroatoms. The van der Waals surface area contributed by atoms with E-state index in [2.05, 4.69) is 20.3 Å². The molecule has 1 aromatic rings. The first-order valence-corrected chi connectivity index (χ1v) is 5.56. The fourth-order valence-corrected chi connectivity index (χ4v) is 1.63. The summed E-state index contributed by atoms with van der Waals surface area (Å²) in [5.74, 6) is -0.403. The topological polar surface area (TPSA) is 121 Å². The quantitative estimate of drug-likeness (QED) is 0.744. The van der Waals surface area contributed by atoms with Crippen LogP contribution in [0.4, 0.5) is 0 Å². The Balaban J connectivity index is 1.92. The number of amides is 1. The third kappa shape index (κ3) is 2.87. The summed E-state index contributed by atoms with van der Waals surface area (Å²) in [6, 6.07) is 0. The van der Waals surface area contributed by atoms with Crippen LogP contribution >= 0.6 is 0 Å². The number of H-pyrrole nitrogens is 1. The van der Waals surface area contributed by atoms with E-state index in [-0.39, 0.29) is 24.6 Å². The Hall–Kier alpha value is -2.45. The summed E-state index contributed by atoms with van der Waals surface area (Å²) in [7, 11) is 1.57. The lowest BCUT2D eigenvalue weighted by atomic mass is 10.1. The maximum atomic E-state index is 12.0. The molecule has 0 bridgehead atoms. The first kappa shape index (κ1) is 13.0. The van der Waals surface area contributed by atoms with Crippen molar-refractivity contribution in [3.8, 4) is 0 Å². The summed E-state index contributed by atoms with van der Waals surface area (Å²) in [6.07, 6.45) is -0.929. The molecule has 19 heavy (non-hydrogen) atoms. The van der Waals surface area contributed by atoms with Crippen LogP contribution < -0.4 is 0 Å². The number of carbonyl (C=O) groups is 2. The number of aromatic nitrogens is 3. The van der Waals surface area contributed by atoms with Gasteiger partial charge in [0.15, 0.2) is 11.5 Å². The molecule has 0 aliphatic carbocycles. The van der Waals surface area contributed by atoms with Crippen molar-refractivity contribution in [1.82, 2.24) is 20.1 Å². The Kier molecular flexibility index (Phi) is 3.45. The number of carbonyl (C=O) groups excluding carboxylic acids is 1. The maximum Gasteiger partial charge on any atom is 0.353 e. The zero-order chi connectivity index (χ0) is 14.0. The van der Waals surface area contributed by atoms with Gasteiger partial charge in [-0.3, -0.25) is 9.89 Å². The number of aromatic amines is 1. The third-order valence-electron chi connectivity index (χ3n) is 2.59. The first-order valence-electron chi connectivity index (χ1n) is 5.56. The van der Waals surface area contributed by atoms with Crippen LogP contribution in [0.3, 0.4) is 0 Å². The van der Waals surface area contributed by atoms with Crippen molar-refractivity contribution in [2.45, 2.75) is 26.0 Å². The zero-order valence-electron chi connectivity index (χ0n) is 10.5. The fraction of sp³-hybridized carbons (Fsp3) is 0.500. The molecule has 2 N–H and O–H groups in total. The van der Waals surface area contributed by atoms with Gasteiger partial charge in [-0.25, -0.2) is 9.78 Å². The Bertz CT molecular complexity index is 538. The largest absolute Gasteiger partial charge is 0.477 e. The molecular weight excluding hydrogens is 254 g/mol. The highest BCUT2D eigenvalue weighted by atomic mass is 16.6. The molecule has 2 heterocycles. The molecule has 0 radical (unpaired) electrons. The van der Waals surface area contributed by atoms with E-state index in [1.165, 1.54) is 4.90 Å². The third-order valence-corrected chi connectivity index (χ3v) is 2.59. The Labute approximate surface area is 108 Å². The maximum absolute atomic E-state index is 12.0. The number of nitrogens with zero attached hydrogens (tertiary/aromatic N) is 4. The SMILES string of the molecule is Cc1nc(CN(C)C(=O)C2CC(C(=O)O)=NO2)n[nH]1. The van der Waals surface area contributed by atoms with Gasteiger partial charge < -0.3 is 14.8 Å². The standard InChI is InChI=1S/C10H13N5O4/c1-5-11-8(13-12-5)4-15(2)9(16)7-3-6(10(17)18)14-19-7/h7H,3-4H2,1-2H3,(H,17,18)(H,11,12,13). The minimum atomic E-state index is -1.18. The van der Waals surface area contributed by atoms with Gasteiger partial charge in [-0.1, -0.05) is 5.16 Å². The van der Waals surface area contributed by atoms with Gasteiger partial charge in [0.2, 0.25) is 6.10 Å². The van der Waals surface area contributed by atoms with Crippen LogP contribution in [-0.4, -0.2) is 55.9 Å². The van der Waals surface area contributed by atoms with Crippen molar-refractivity contribution in [3.05, 3.63) is 11.6 Å². The molecule has 1 aliphatic heterocycles. The number of hydrogen-bond donors (Lipinski definition) is 2. The Morgan fingerprint density at radius 1 is 1.58 bits per heavy atom. The molecule has 1 unspecified atom stereocenters. The highest BCUT2D eigenvalue weighted by Gasteiger charge is 2.33. The Morgan fingerprint density at radius 3 is 2.84 bits per heavy atom. The van der Waals surface area contributed by atoms with E-state index in [9.17, 15) is 9.59 Å². The number of rotatable bonds is 4. The molecule has 1 aromatic heterocycles. The summed E-state index contributed by atoms with van der Waals surface area (Å²) < 4.78 is 0. The molecule has 0 saturated carbocycles. The number of carboxylic acid groups (broad SMARTS) is 1. The minimum Gasteiger partial charge on any atom is -0.477 e. The number of nitrogens with one attached hydrogen (secondary N) is 1. The van der Waals surface area contributed by atoms with E-state index >= 15 is 0 Å². The van der Waals surface area contributed by atoms with Gasteiger partial charge in [-0.15, -0.1) is 0 Å². The minimum absolute atomic E-state index is 0.0362. The average molecular weight is 267 g/mol. The molecule has 1 aliphatic rings. The molecule has 102 valence electrons. The molecule has 0 saturated heterocycles. The lowest BCUT2D eigenvalue weighted by Crippen LogP contribution is -2.36. The van der Waals surface area contributed by atoms with Gasteiger partial charge in [0.1, 0.15) is 5.82 Å². The van der Waals surface area contributed by atoms with Crippen LogP contribution in [0, 0.1) is 6.92 Å². The smallest absolute Gasteiger partial charge is 0.353 e. The molecule has 9 nitrogen and oxygen atoms in total. The number of likely N-dealkylation sites (N-methyl/N-ethyl adjacent to an activating group) is 1. The molecule has 0 aromatic carbocycles. The van der Waals surface area contributed by atoms with Gasteiger partial charge in [0, 0.05) is 13.5 Å². The Morgan fingerprint density at radius 2 is 2.32 bits per heavy atom. The predicted molar refractivity (Wildman–Crippen MR) is 62.2 cm³/mol. The van der Waals surface area contributed by atoms with Crippen LogP contribution in [0.5, 0.6) is 0 Å². The molecule has 0 fully saturated rings. The van der Waals surface area contributed by atoms with Gasteiger partial charge in [0.25, 0.3) is 5.91 Å². The zero-order valence-corrected chi connectivity index (χ0v) is 10.5. The van der Waals surface area contributed by atoms with E-state index in [1.807, 2.05) is 0 Å². The van der Waals surface area contributed by atoms with Crippen LogP contribution in [-0.2, 0) is 21.0 Å². The van der Waals surface area contributed by atoms with E-state index in [0.717, 1.165) is 0 Å². The summed E-state index contributed by atoms with van der Waals surface area (Å²) in [5.41, 5.74) is -0.152. The molecule has 1 atom stereocenters. The van der Waals surface area contributed by atoms with Gasteiger partial charge in [-0.2, -0.15) is 5.10 Å². The van der Waals surface area contributed by atoms with Crippen molar-refractivity contribution in [3.63, 3.8) is 0 Å². The monoisotopic (exact) mass is 267 g/mol. The molecule has 0 spiro atoms. The predicted octanol–water partition coefficient (Wildman–Crippen LogP) is -0.699. The molecule has 2 rings (SSSR count). The van der Waals surface area contributed by atoms with Crippen molar-refractivity contribution in [1.29, 1.82) is 0 Å². The van der Waals surface area contributed by atoms with Crippen LogP contribution in [0.2, 0.25) is 0 Å². The number of oxime groups is 1. The summed E-state index contributed by atoms with van der Waals surface area (Å²) >= 11 is 0. The van der Waals surface area contributed by atoms with Crippen molar-refractivity contribution in [2.75, 3.05) is 7.05 Å². The first-order chi connectivity index (χ1) is 8.97. The van der Waals surface area contributed by atoms with Crippen molar-refractivity contribution in [2.24, 2.45) is 5.16 Å². The second kappa shape index (κ2) is 5.04. The van der Waals surface area contributed by atoms with Crippen LogP contribution in [0.15, 0.2) is 5.16 Å². The summed E-state index contributed by atoms with van der Waals surface area (Å²) in [5, 5.41) is 18.7. The summed E-state index contributed by atoms with van der Waals surface area (Å²) in [6.45, 7) is 1.97. The van der Waals surface area contributed by atoms with E-state index < -0.39 is 12.1 Å². The average Bonchev–Trinajstić information content (AvgIpc) is 2.97. The summed E-state index contributed by atoms with van der Waals surface area (Å²) in [4.78, 5) is 32.9. The second-order valence-electron chi connectivity index (χ2n) is 4.17. The number of aliphatic carboxylic acids is 1. The van der Waals surface area contributed by atoms with Crippen LogP contribution in [0.1, 0.15) is 18.1 Å². The van der Waals surface area contributed by atoms with Gasteiger partial charge >= 0.3 is 5.97 Å². The van der Waals surface area contributed by atoms with E-state index in [0.29, 0.717) is 11.6 Å². The van der Waals surface area contributed by atoms with Crippen molar-refractivity contribution < 1.29 is 19.5 Å². The molecule has 1 amide bonds. The number of hydrogen-bond acceptors (Lipinski definition) is 6. The highest BCUT2D eigenvalue weighted by Crippen LogP contribution is 2.14. The van der Waals surface area contributed by atoms with Gasteiger partial charge in [-0.05, 0) is 6.92 Å². The van der Waals surface area contributed by atoms with E-state index in [1.54, 1.807) is 14.0 Å². The highest BCUT2D eigenvalue weighted by molar-refractivity contribution is 6.36. The van der Waals surface area contributed by atoms with Crippen LogP contribution in [0.25, 0.3) is 0 Å². The lowest BCUT2D eigenvalue weighted by molar-refractivity contribution is -0.141. The van der Waals surface area contributed by atoms with E-state index in [4.69, 9.17) is 9.94 Å². The van der Waals surface area contributed by atoms with Crippen molar-refractivity contribution >= 4 is 17.6 Å². The number of carboxylic acids is 1. The fourth-order valence-electron chi connectivity index (χ4n) is 1.63. The lowest BCUT2D eigenvalue weighted by Gasteiger charge is -2.17.